The third-order valence-corrected chi connectivity index (χ3v) is 2.92. The summed E-state index contributed by atoms with van der Waals surface area (Å²) < 4.78 is 9.30. The number of hydrogen-bond donors (Lipinski definition) is 2. The molecule has 0 fully saturated rings. The molecule has 2 rings (SSSR count). The van der Waals surface area contributed by atoms with E-state index in [4.69, 9.17) is 0 Å². The van der Waals surface area contributed by atoms with E-state index in [0.29, 0.717) is 17.8 Å². The molecule has 2 N–H and O–H groups in total. The largest absolute Gasteiger partial charge is 0.465 e. The molecule has 0 spiro atoms. The van der Waals surface area contributed by atoms with E-state index >= 15 is 0 Å². The van der Waals surface area contributed by atoms with Gasteiger partial charge in [0.25, 0.3) is 0 Å². The zero-order chi connectivity index (χ0) is 15.2. The summed E-state index contributed by atoms with van der Waals surface area (Å²) in [6, 6.07) is 10.5. The highest BCUT2D eigenvalue weighted by molar-refractivity contribution is 5.90. The molecule has 0 bridgehead atoms. The van der Waals surface area contributed by atoms with Crippen LogP contribution in [0.2, 0.25) is 0 Å². The van der Waals surface area contributed by atoms with Crippen LogP contribution in [0.25, 0.3) is 0 Å². The zero-order valence-corrected chi connectivity index (χ0v) is 11.8. The summed E-state index contributed by atoms with van der Waals surface area (Å²) in [5.41, 5.74) is 2.49. The lowest BCUT2D eigenvalue weighted by Crippen LogP contribution is -2.05. The summed E-state index contributed by atoms with van der Waals surface area (Å²) in [7, 11) is 2.68. The summed E-state index contributed by atoms with van der Waals surface area (Å²) in [5.74, 6) is -0.791. The van der Waals surface area contributed by atoms with Crippen molar-refractivity contribution in [2.24, 2.45) is 0 Å². The Kier molecular flexibility index (Phi) is 4.61. The second-order valence-corrected chi connectivity index (χ2v) is 4.31. The van der Waals surface area contributed by atoms with Crippen molar-refractivity contribution in [3.63, 3.8) is 0 Å². The molecule has 6 heteroatoms. The maximum atomic E-state index is 11.4. The Morgan fingerprint density at radius 2 is 1.86 bits per heavy atom. The lowest BCUT2D eigenvalue weighted by molar-refractivity contribution is 0.0588. The van der Waals surface area contributed by atoms with E-state index in [-0.39, 0.29) is 5.97 Å². The van der Waals surface area contributed by atoms with Gasteiger partial charge in [0.15, 0.2) is 0 Å². The standard InChI is InChI=1S/C15H16N2O4/c1-20-14(18)10-4-3-5-11(8-10)16-9-12-6-7-13(17-12)15(19)21-2/h3-8,16-17H,9H2,1-2H3. The Labute approximate surface area is 122 Å². The van der Waals surface area contributed by atoms with Gasteiger partial charge >= 0.3 is 11.9 Å². The van der Waals surface area contributed by atoms with Crippen molar-refractivity contribution >= 4 is 17.6 Å². The minimum Gasteiger partial charge on any atom is -0.465 e. The fraction of sp³-hybridized carbons (Fsp3) is 0.200. The van der Waals surface area contributed by atoms with E-state index in [0.717, 1.165) is 11.4 Å². The highest BCUT2D eigenvalue weighted by atomic mass is 16.5. The van der Waals surface area contributed by atoms with Gasteiger partial charge in [0.2, 0.25) is 0 Å². The minimum absolute atomic E-state index is 0.383. The van der Waals surface area contributed by atoms with Crippen LogP contribution in [0.15, 0.2) is 36.4 Å². The minimum atomic E-state index is -0.408. The Hall–Kier alpha value is -2.76. The Balaban J connectivity index is 2.01. The summed E-state index contributed by atoms with van der Waals surface area (Å²) in [6.07, 6.45) is 0. The lowest BCUT2D eigenvalue weighted by atomic mass is 10.2. The van der Waals surface area contributed by atoms with Gasteiger partial charge in [-0.2, -0.15) is 0 Å². The van der Waals surface area contributed by atoms with E-state index in [2.05, 4.69) is 19.8 Å². The highest BCUT2D eigenvalue weighted by Gasteiger charge is 2.08. The summed E-state index contributed by atoms with van der Waals surface area (Å²) in [4.78, 5) is 25.7. The quantitative estimate of drug-likeness (QED) is 0.824. The van der Waals surface area contributed by atoms with Crippen molar-refractivity contribution in [2.45, 2.75) is 6.54 Å². The van der Waals surface area contributed by atoms with Gasteiger partial charge in [-0.15, -0.1) is 0 Å². The molecule has 2 aromatic rings. The number of hydrogen-bond acceptors (Lipinski definition) is 5. The number of rotatable bonds is 5. The third kappa shape index (κ3) is 3.62. The van der Waals surface area contributed by atoms with Crippen LogP contribution in [0, 0.1) is 0 Å². The fourth-order valence-corrected chi connectivity index (χ4v) is 1.84. The van der Waals surface area contributed by atoms with Gasteiger partial charge in [-0.3, -0.25) is 0 Å². The monoisotopic (exact) mass is 288 g/mol. The number of methoxy groups -OCH3 is 2. The number of aromatic nitrogens is 1. The Morgan fingerprint density at radius 3 is 2.57 bits per heavy atom. The molecule has 21 heavy (non-hydrogen) atoms. The predicted octanol–water partition coefficient (Wildman–Crippen LogP) is 2.20. The van der Waals surface area contributed by atoms with Crippen molar-refractivity contribution in [1.29, 1.82) is 0 Å². The maximum Gasteiger partial charge on any atom is 0.354 e. The van der Waals surface area contributed by atoms with Crippen LogP contribution in [-0.4, -0.2) is 31.1 Å². The van der Waals surface area contributed by atoms with E-state index in [9.17, 15) is 9.59 Å². The molecule has 6 nitrogen and oxygen atoms in total. The van der Waals surface area contributed by atoms with Gasteiger partial charge in [0, 0.05) is 11.4 Å². The summed E-state index contributed by atoms with van der Waals surface area (Å²) >= 11 is 0. The molecule has 0 aliphatic carbocycles. The number of carbonyl (C=O) groups excluding carboxylic acids is 2. The molecule has 110 valence electrons. The van der Waals surface area contributed by atoms with Crippen LogP contribution in [0.4, 0.5) is 5.69 Å². The third-order valence-electron chi connectivity index (χ3n) is 2.92. The van der Waals surface area contributed by atoms with E-state index in [1.165, 1.54) is 14.2 Å². The van der Waals surface area contributed by atoms with Crippen LogP contribution < -0.4 is 5.32 Å². The van der Waals surface area contributed by atoms with E-state index in [1.54, 1.807) is 30.3 Å². The van der Waals surface area contributed by atoms with Crippen molar-refractivity contribution in [1.82, 2.24) is 4.98 Å². The molecule has 1 heterocycles. The van der Waals surface area contributed by atoms with Crippen molar-refractivity contribution in [3.05, 3.63) is 53.3 Å². The first-order chi connectivity index (χ1) is 10.1. The Bertz CT molecular complexity index is 649. The number of esters is 2. The number of nitrogens with one attached hydrogen (secondary N) is 2. The molecule has 0 amide bonds. The van der Waals surface area contributed by atoms with Crippen molar-refractivity contribution in [3.8, 4) is 0 Å². The molecular formula is C15H16N2O4. The predicted molar refractivity (Wildman–Crippen MR) is 77.2 cm³/mol. The normalized spacial score (nSPS) is 10.0. The van der Waals surface area contributed by atoms with Gasteiger partial charge in [0.1, 0.15) is 5.69 Å². The number of ether oxygens (including phenoxy) is 2. The van der Waals surface area contributed by atoms with Gasteiger partial charge in [-0.05, 0) is 30.3 Å². The second kappa shape index (κ2) is 6.60. The average molecular weight is 288 g/mol. The SMILES string of the molecule is COC(=O)c1cccc(NCc2ccc(C(=O)OC)[nH]2)c1. The molecule has 1 aromatic heterocycles. The number of aromatic amines is 1. The second-order valence-electron chi connectivity index (χ2n) is 4.31. The Morgan fingerprint density at radius 1 is 1.10 bits per heavy atom. The van der Waals surface area contributed by atoms with Gasteiger partial charge in [0.05, 0.1) is 26.3 Å². The fourth-order valence-electron chi connectivity index (χ4n) is 1.84. The zero-order valence-electron chi connectivity index (χ0n) is 11.8. The van der Waals surface area contributed by atoms with Gasteiger partial charge in [-0.25, -0.2) is 9.59 Å². The molecule has 1 aromatic carbocycles. The topological polar surface area (TPSA) is 80.4 Å². The van der Waals surface area contributed by atoms with Crippen LogP contribution in [0.3, 0.4) is 0 Å². The molecule has 0 unspecified atom stereocenters. The smallest absolute Gasteiger partial charge is 0.354 e. The van der Waals surface area contributed by atoms with Crippen LogP contribution in [-0.2, 0) is 16.0 Å². The maximum absolute atomic E-state index is 11.4. The molecular weight excluding hydrogens is 272 g/mol. The molecule has 0 atom stereocenters. The van der Waals surface area contributed by atoms with Crippen LogP contribution >= 0.6 is 0 Å². The number of anilines is 1. The highest BCUT2D eigenvalue weighted by Crippen LogP contribution is 2.13. The van der Waals surface area contributed by atoms with Gasteiger partial charge < -0.3 is 19.8 Å². The van der Waals surface area contributed by atoms with Crippen LogP contribution in [0.5, 0.6) is 0 Å². The number of H-pyrrole nitrogens is 1. The summed E-state index contributed by atoms with van der Waals surface area (Å²) in [6.45, 7) is 0.488. The van der Waals surface area contributed by atoms with Crippen molar-refractivity contribution < 1.29 is 19.1 Å². The average Bonchev–Trinajstić information content (AvgIpc) is 3.00. The first kappa shape index (κ1) is 14.6. The lowest BCUT2D eigenvalue weighted by Gasteiger charge is -2.06. The van der Waals surface area contributed by atoms with Crippen molar-refractivity contribution in [2.75, 3.05) is 19.5 Å². The molecule has 0 radical (unpaired) electrons. The van der Waals surface area contributed by atoms with E-state index in [1.807, 2.05) is 6.07 Å². The van der Waals surface area contributed by atoms with Gasteiger partial charge in [-0.1, -0.05) is 6.07 Å². The molecule has 0 saturated carbocycles. The molecule has 0 aliphatic heterocycles. The molecule has 0 aliphatic rings. The molecule has 0 saturated heterocycles. The van der Waals surface area contributed by atoms with E-state index < -0.39 is 5.97 Å². The first-order valence-corrected chi connectivity index (χ1v) is 6.32. The number of benzene rings is 1. The number of carbonyl (C=O) groups is 2. The summed E-state index contributed by atoms with van der Waals surface area (Å²) in [5, 5.41) is 3.16. The first-order valence-electron chi connectivity index (χ1n) is 6.32. The van der Waals surface area contributed by atoms with Crippen LogP contribution in [0.1, 0.15) is 26.5 Å².